The number of hydrogen-bond acceptors (Lipinski definition) is 1. The van der Waals surface area contributed by atoms with Crippen molar-refractivity contribution in [3.8, 4) is 11.3 Å². The molecular formula is C20H15NO2. The molecule has 23 heavy (non-hydrogen) atoms. The summed E-state index contributed by atoms with van der Waals surface area (Å²) in [4.78, 5) is 14.8. The van der Waals surface area contributed by atoms with Crippen molar-refractivity contribution in [3.05, 3.63) is 72.3 Å². The topological polar surface area (TPSA) is 53.1 Å². The van der Waals surface area contributed by atoms with Crippen LogP contribution < -0.4 is 0 Å². The first-order chi connectivity index (χ1) is 11.2. The summed E-state index contributed by atoms with van der Waals surface area (Å²) >= 11 is 0. The van der Waals surface area contributed by atoms with Crippen molar-refractivity contribution in [1.82, 2.24) is 4.98 Å². The maximum atomic E-state index is 11.3. The van der Waals surface area contributed by atoms with Gasteiger partial charge in [-0.15, -0.1) is 0 Å². The van der Waals surface area contributed by atoms with Gasteiger partial charge in [0.25, 0.3) is 0 Å². The molecule has 0 aliphatic carbocycles. The second kappa shape index (κ2) is 5.29. The average molecular weight is 301 g/mol. The fraction of sp³-hybridized carbons (Fsp3) is 0.0500. The Labute approximate surface area is 133 Å². The maximum Gasteiger partial charge on any atom is 0.307 e. The minimum atomic E-state index is -0.823. The molecule has 0 unspecified atom stereocenters. The number of aromatic amines is 1. The highest BCUT2D eigenvalue weighted by molar-refractivity contribution is 6.01. The number of aromatic nitrogens is 1. The number of benzene rings is 3. The summed E-state index contributed by atoms with van der Waals surface area (Å²) in [5.41, 5.74) is 3.73. The fourth-order valence-electron chi connectivity index (χ4n) is 3.21. The summed E-state index contributed by atoms with van der Waals surface area (Å²) in [6.07, 6.45) is 0.00255. The summed E-state index contributed by atoms with van der Waals surface area (Å²) in [6.45, 7) is 0. The molecule has 3 nitrogen and oxygen atoms in total. The van der Waals surface area contributed by atoms with Crippen LogP contribution in [0.15, 0.2) is 66.7 Å². The van der Waals surface area contributed by atoms with E-state index in [0.29, 0.717) is 0 Å². The Morgan fingerprint density at radius 2 is 1.57 bits per heavy atom. The van der Waals surface area contributed by atoms with Crippen LogP contribution >= 0.6 is 0 Å². The van der Waals surface area contributed by atoms with Gasteiger partial charge in [-0.2, -0.15) is 0 Å². The Morgan fingerprint density at radius 1 is 0.870 bits per heavy atom. The molecule has 0 aliphatic rings. The van der Waals surface area contributed by atoms with E-state index in [1.54, 1.807) is 0 Å². The first kappa shape index (κ1) is 13.6. The minimum absolute atomic E-state index is 0.00255. The highest BCUT2D eigenvalue weighted by atomic mass is 16.4. The van der Waals surface area contributed by atoms with Gasteiger partial charge in [0.1, 0.15) is 0 Å². The van der Waals surface area contributed by atoms with Crippen molar-refractivity contribution in [1.29, 1.82) is 0 Å². The molecule has 0 bridgehead atoms. The number of carbonyl (C=O) groups is 1. The second-order valence-corrected chi connectivity index (χ2v) is 5.62. The number of rotatable bonds is 3. The SMILES string of the molecule is O=C(O)Cc1c(-c2cccc3ccccc23)[nH]c2ccccc12. The molecule has 0 saturated heterocycles. The third kappa shape index (κ3) is 2.27. The molecule has 0 amide bonds. The monoisotopic (exact) mass is 301 g/mol. The van der Waals surface area contributed by atoms with E-state index in [1.165, 1.54) is 0 Å². The maximum absolute atomic E-state index is 11.3. The van der Waals surface area contributed by atoms with Crippen LogP contribution in [-0.2, 0) is 11.2 Å². The number of carboxylic acids is 1. The number of nitrogens with one attached hydrogen (secondary N) is 1. The summed E-state index contributed by atoms with van der Waals surface area (Å²) in [5.74, 6) is -0.823. The van der Waals surface area contributed by atoms with E-state index < -0.39 is 5.97 Å². The Kier molecular flexibility index (Phi) is 3.12. The molecule has 0 atom stereocenters. The molecule has 2 N–H and O–H groups in total. The normalized spacial score (nSPS) is 11.1. The molecule has 1 heterocycles. The van der Waals surface area contributed by atoms with Crippen LogP contribution in [0.4, 0.5) is 0 Å². The van der Waals surface area contributed by atoms with Crippen molar-refractivity contribution in [2.45, 2.75) is 6.42 Å². The summed E-state index contributed by atoms with van der Waals surface area (Å²) in [6, 6.07) is 22.1. The van der Waals surface area contributed by atoms with Crippen LogP contribution in [0.1, 0.15) is 5.56 Å². The number of carboxylic acid groups (broad SMARTS) is 1. The lowest BCUT2D eigenvalue weighted by Crippen LogP contribution is -2.01. The lowest BCUT2D eigenvalue weighted by Gasteiger charge is -2.07. The third-order valence-electron chi connectivity index (χ3n) is 4.20. The van der Waals surface area contributed by atoms with Crippen LogP contribution in [0.5, 0.6) is 0 Å². The number of para-hydroxylation sites is 1. The molecule has 0 aliphatic heterocycles. The third-order valence-corrected chi connectivity index (χ3v) is 4.20. The van der Waals surface area contributed by atoms with Gasteiger partial charge in [-0.25, -0.2) is 0 Å². The van der Waals surface area contributed by atoms with E-state index in [2.05, 4.69) is 23.2 Å². The van der Waals surface area contributed by atoms with E-state index in [4.69, 9.17) is 0 Å². The zero-order chi connectivity index (χ0) is 15.8. The van der Waals surface area contributed by atoms with Gasteiger partial charge in [-0.05, 0) is 22.4 Å². The molecular weight excluding hydrogens is 286 g/mol. The van der Waals surface area contributed by atoms with E-state index >= 15 is 0 Å². The van der Waals surface area contributed by atoms with Gasteiger partial charge in [0.15, 0.2) is 0 Å². The van der Waals surface area contributed by atoms with Gasteiger partial charge >= 0.3 is 5.97 Å². The summed E-state index contributed by atoms with van der Waals surface area (Å²) < 4.78 is 0. The highest BCUT2D eigenvalue weighted by Crippen LogP contribution is 2.34. The fourth-order valence-corrected chi connectivity index (χ4v) is 3.21. The van der Waals surface area contributed by atoms with Gasteiger partial charge < -0.3 is 10.1 Å². The minimum Gasteiger partial charge on any atom is -0.481 e. The average Bonchev–Trinajstić information content (AvgIpc) is 2.92. The van der Waals surface area contributed by atoms with Crippen LogP contribution in [-0.4, -0.2) is 16.1 Å². The molecule has 3 heteroatoms. The Morgan fingerprint density at radius 3 is 2.39 bits per heavy atom. The molecule has 4 rings (SSSR count). The van der Waals surface area contributed by atoms with Gasteiger partial charge in [-0.1, -0.05) is 60.7 Å². The van der Waals surface area contributed by atoms with Crippen LogP contribution in [0.3, 0.4) is 0 Å². The van der Waals surface area contributed by atoms with Gasteiger partial charge in [-0.3, -0.25) is 4.79 Å². The Balaban J connectivity index is 2.06. The Hall–Kier alpha value is -3.07. The van der Waals surface area contributed by atoms with E-state index in [9.17, 15) is 9.90 Å². The predicted octanol–water partition coefficient (Wildman–Crippen LogP) is 4.62. The van der Waals surface area contributed by atoms with E-state index in [1.807, 2.05) is 48.5 Å². The van der Waals surface area contributed by atoms with E-state index in [-0.39, 0.29) is 6.42 Å². The Bertz CT molecular complexity index is 1020. The van der Waals surface area contributed by atoms with Crippen molar-refractivity contribution in [2.24, 2.45) is 0 Å². The van der Waals surface area contributed by atoms with Crippen molar-refractivity contribution < 1.29 is 9.90 Å². The number of fused-ring (bicyclic) bond motifs is 2. The standard InChI is InChI=1S/C20H15NO2/c22-19(23)12-17-15-9-3-4-11-18(15)21-20(17)16-10-5-7-13-6-1-2-8-14(13)16/h1-11,21H,12H2,(H,22,23). The molecule has 1 aromatic heterocycles. The van der Waals surface area contributed by atoms with Gasteiger partial charge in [0.2, 0.25) is 0 Å². The lowest BCUT2D eigenvalue weighted by atomic mass is 9.98. The number of aliphatic carboxylic acids is 1. The highest BCUT2D eigenvalue weighted by Gasteiger charge is 2.16. The molecule has 0 saturated carbocycles. The molecule has 0 spiro atoms. The molecule has 3 aromatic carbocycles. The number of H-pyrrole nitrogens is 1. The second-order valence-electron chi connectivity index (χ2n) is 5.62. The number of hydrogen-bond donors (Lipinski definition) is 2. The molecule has 4 aromatic rings. The van der Waals surface area contributed by atoms with Gasteiger partial charge in [0.05, 0.1) is 12.1 Å². The quantitative estimate of drug-likeness (QED) is 0.580. The van der Waals surface area contributed by atoms with Crippen LogP contribution in [0.25, 0.3) is 32.9 Å². The largest absolute Gasteiger partial charge is 0.481 e. The van der Waals surface area contributed by atoms with Crippen LogP contribution in [0.2, 0.25) is 0 Å². The van der Waals surface area contributed by atoms with Crippen molar-refractivity contribution in [2.75, 3.05) is 0 Å². The zero-order valence-corrected chi connectivity index (χ0v) is 12.4. The smallest absolute Gasteiger partial charge is 0.307 e. The zero-order valence-electron chi connectivity index (χ0n) is 12.4. The first-order valence-corrected chi connectivity index (χ1v) is 7.53. The van der Waals surface area contributed by atoms with E-state index in [0.717, 1.165) is 38.5 Å². The van der Waals surface area contributed by atoms with Crippen LogP contribution in [0, 0.1) is 0 Å². The molecule has 0 fully saturated rings. The first-order valence-electron chi connectivity index (χ1n) is 7.53. The predicted molar refractivity (Wildman–Crippen MR) is 92.6 cm³/mol. The lowest BCUT2D eigenvalue weighted by molar-refractivity contribution is -0.136. The summed E-state index contributed by atoms with van der Waals surface area (Å²) in [7, 11) is 0. The molecule has 0 radical (unpaired) electrons. The molecule has 112 valence electrons. The summed E-state index contributed by atoms with van der Waals surface area (Å²) in [5, 5.41) is 12.5. The van der Waals surface area contributed by atoms with Gasteiger partial charge in [0, 0.05) is 16.5 Å². The van der Waals surface area contributed by atoms with Crippen molar-refractivity contribution >= 4 is 27.6 Å². The van der Waals surface area contributed by atoms with Crippen molar-refractivity contribution in [3.63, 3.8) is 0 Å².